The van der Waals surface area contributed by atoms with E-state index in [2.05, 4.69) is 15.6 Å². The molecule has 0 atom stereocenters. The van der Waals surface area contributed by atoms with Crippen LogP contribution in [0.5, 0.6) is 0 Å². The number of fused-ring (bicyclic) bond motifs is 1. The van der Waals surface area contributed by atoms with E-state index in [1.54, 1.807) is 43.3 Å². The van der Waals surface area contributed by atoms with Gasteiger partial charge in [0.1, 0.15) is 11.6 Å². The first-order valence-electron chi connectivity index (χ1n) is 9.77. The summed E-state index contributed by atoms with van der Waals surface area (Å²) in [4.78, 5) is 29.0. The molecule has 4 aromatic rings. The van der Waals surface area contributed by atoms with Crippen molar-refractivity contribution in [3.05, 3.63) is 83.3 Å². The smallest absolute Gasteiger partial charge is 0.291 e. The van der Waals surface area contributed by atoms with Crippen LogP contribution in [-0.4, -0.2) is 27.9 Å². The number of halogens is 1. The van der Waals surface area contributed by atoms with Gasteiger partial charge in [-0.05, 0) is 55.0 Å². The molecule has 2 heterocycles. The number of nitrogens with zero attached hydrogens (tertiary/aromatic N) is 2. The van der Waals surface area contributed by atoms with Gasteiger partial charge in [-0.15, -0.1) is 0 Å². The SMILES string of the molecule is Cc1ccc(C(=O)NCCc2nc3cc(NC(=O)c4ccco4)ccc3n2C)cc1F. The van der Waals surface area contributed by atoms with Crippen molar-refractivity contribution in [1.82, 2.24) is 14.9 Å². The highest BCUT2D eigenvalue weighted by molar-refractivity contribution is 6.03. The van der Waals surface area contributed by atoms with Crippen LogP contribution in [0.2, 0.25) is 0 Å². The third-order valence-electron chi connectivity index (χ3n) is 5.04. The van der Waals surface area contributed by atoms with Crippen molar-refractivity contribution in [3.63, 3.8) is 0 Å². The number of anilines is 1. The largest absolute Gasteiger partial charge is 0.459 e. The van der Waals surface area contributed by atoms with Crippen LogP contribution < -0.4 is 10.6 Å². The average Bonchev–Trinajstić information content (AvgIpc) is 3.39. The van der Waals surface area contributed by atoms with E-state index in [-0.39, 0.29) is 23.1 Å². The number of amides is 2. The molecule has 2 N–H and O–H groups in total. The first kappa shape index (κ1) is 20.3. The maximum atomic E-state index is 13.7. The lowest BCUT2D eigenvalue weighted by molar-refractivity contribution is 0.0952. The number of aryl methyl sites for hydroxylation is 2. The van der Waals surface area contributed by atoms with E-state index in [0.717, 1.165) is 16.9 Å². The van der Waals surface area contributed by atoms with Crippen LogP contribution in [0, 0.1) is 12.7 Å². The van der Waals surface area contributed by atoms with Crippen molar-refractivity contribution in [2.24, 2.45) is 7.05 Å². The fourth-order valence-corrected chi connectivity index (χ4v) is 3.28. The van der Waals surface area contributed by atoms with Crippen molar-refractivity contribution >= 4 is 28.5 Å². The van der Waals surface area contributed by atoms with E-state index >= 15 is 0 Å². The molecule has 31 heavy (non-hydrogen) atoms. The Bertz CT molecular complexity index is 1260. The van der Waals surface area contributed by atoms with Gasteiger partial charge in [0.25, 0.3) is 11.8 Å². The molecule has 0 saturated carbocycles. The van der Waals surface area contributed by atoms with Crippen LogP contribution in [-0.2, 0) is 13.5 Å². The quantitative estimate of drug-likeness (QED) is 0.496. The minimum absolute atomic E-state index is 0.228. The molecule has 0 saturated heterocycles. The third kappa shape index (κ3) is 4.32. The molecule has 0 fully saturated rings. The summed E-state index contributed by atoms with van der Waals surface area (Å²) in [6.07, 6.45) is 1.94. The predicted octanol–water partition coefficient (Wildman–Crippen LogP) is 3.84. The van der Waals surface area contributed by atoms with Crippen molar-refractivity contribution in [2.45, 2.75) is 13.3 Å². The minimum atomic E-state index is -0.405. The lowest BCUT2D eigenvalue weighted by atomic mass is 10.1. The summed E-state index contributed by atoms with van der Waals surface area (Å²) in [5, 5.41) is 5.57. The highest BCUT2D eigenvalue weighted by Crippen LogP contribution is 2.20. The van der Waals surface area contributed by atoms with Crippen molar-refractivity contribution < 1.29 is 18.4 Å². The molecule has 8 heteroatoms. The fourth-order valence-electron chi connectivity index (χ4n) is 3.28. The van der Waals surface area contributed by atoms with E-state index < -0.39 is 5.82 Å². The summed E-state index contributed by atoms with van der Waals surface area (Å²) in [6.45, 7) is 2.00. The number of nitrogens with one attached hydrogen (secondary N) is 2. The molecule has 0 radical (unpaired) electrons. The van der Waals surface area contributed by atoms with Gasteiger partial charge in [-0.25, -0.2) is 9.37 Å². The maximum absolute atomic E-state index is 13.7. The van der Waals surface area contributed by atoms with E-state index in [1.165, 1.54) is 12.3 Å². The normalized spacial score (nSPS) is 10.9. The summed E-state index contributed by atoms with van der Waals surface area (Å²) in [6, 6.07) is 13.1. The standard InChI is InChI=1S/C23H21FN4O3/c1-14-5-6-15(12-17(14)24)22(29)25-10-9-21-27-18-13-16(7-8-19(18)28(21)2)26-23(30)20-4-3-11-31-20/h3-8,11-13H,9-10H2,1-2H3,(H,25,29)(H,26,30). The van der Waals surface area contributed by atoms with E-state index in [0.29, 0.717) is 24.2 Å². The summed E-state index contributed by atoms with van der Waals surface area (Å²) in [5.74, 6) is -0.0693. The van der Waals surface area contributed by atoms with Gasteiger partial charge in [0.05, 0.1) is 17.3 Å². The number of benzene rings is 2. The minimum Gasteiger partial charge on any atom is -0.459 e. The highest BCUT2D eigenvalue weighted by Gasteiger charge is 2.13. The number of furan rings is 1. The molecule has 158 valence electrons. The Balaban J connectivity index is 1.42. The molecular formula is C23H21FN4O3. The summed E-state index contributed by atoms with van der Waals surface area (Å²) < 4.78 is 20.7. The highest BCUT2D eigenvalue weighted by atomic mass is 19.1. The zero-order valence-corrected chi connectivity index (χ0v) is 17.1. The van der Waals surface area contributed by atoms with Gasteiger partial charge in [-0.3, -0.25) is 9.59 Å². The molecular weight excluding hydrogens is 399 g/mol. The number of aromatic nitrogens is 2. The molecule has 2 aromatic carbocycles. The Morgan fingerprint density at radius 1 is 1.13 bits per heavy atom. The number of hydrogen-bond acceptors (Lipinski definition) is 4. The van der Waals surface area contributed by atoms with Gasteiger partial charge in [0.15, 0.2) is 5.76 Å². The first-order valence-corrected chi connectivity index (χ1v) is 9.77. The third-order valence-corrected chi connectivity index (χ3v) is 5.04. The molecule has 7 nitrogen and oxygen atoms in total. The van der Waals surface area contributed by atoms with E-state index in [4.69, 9.17) is 4.42 Å². The Morgan fingerprint density at radius 3 is 2.71 bits per heavy atom. The van der Waals surface area contributed by atoms with Crippen molar-refractivity contribution in [2.75, 3.05) is 11.9 Å². The Labute approximate surface area is 177 Å². The van der Waals surface area contributed by atoms with Crippen LogP contribution >= 0.6 is 0 Å². The fraction of sp³-hybridized carbons (Fsp3) is 0.174. The zero-order valence-electron chi connectivity index (χ0n) is 17.1. The number of hydrogen-bond donors (Lipinski definition) is 2. The van der Waals surface area contributed by atoms with Crippen molar-refractivity contribution in [1.29, 1.82) is 0 Å². The topological polar surface area (TPSA) is 89.2 Å². The zero-order chi connectivity index (χ0) is 22.0. The van der Waals surface area contributed by atoms with Crippen LogP contribution in [0.4, 0.5) is 10.1 Å². The Kier molecular flexibility index (Phi) is 5.53. The Hall–Kier alpha value is -3.94. The first-order chi connectivity index (χ1) is 14.9. The van der Waals surface area contributed by atoms with Crippen LogP contribution in [0.3, 0.4) is 0 Å². The van der Waals surface area contributed by atoms with Gasteiger partial charge in [-0.2, -0.15) is 0 Å². The molecule has 0 aliphatic rings. The van der Waals surface area contributed by atoms with Gasteiger partial charge < -0.3 is 19.6 Å². The van der Waals surface area contributed by atoms with Gasteiger partial charge in [0, 0.05) is 31.3 Å². The number of carbonyl (C=O) groups is 2. The lowest BCUT2D eigenvalue weighted by Crippen LogP contribution is -2.26. The second kappa shape index (κ2) is 8.43. The lowest BCUT2D eigenvalue weighted by Gasteiger charge is -2.07. The predicted molar refractivity (Wildman–Crippen MR) is 115 cm³/mol. The number of carbonyl (C=O) groups excluding carboxylic acids is 2. The monoisotopic (exact) mass is 420 g/mol. The second-order valence-electron chi connectivity index (χ2n) is 7.19. The molecule has 2 amide bonds. The molecule has 2 aromatic heterocycles. The summed E-state index contributed by atoms with van der Waals surface area (Å²) in [5.41, 5.74) is 3.01. The van der Waals surface area contributed by atoms with E-state index in [1.807, 2.05) is 17.7 Å². The van der Waals surface area contributed by atoms with Gasteiger partial charge >= 0.3 is 0 Å². The summed E-state index contributed by atoms with van der Waals surface area (Å²) in [7, 11) is 1.89. The van der Waals surface area contributed by atoms with Crippen LogP contribution in [0.15, 0.2) is 59.2 Å². The average molecular weight is 420 g/mol. The summed E-state index contributed by atoms with van der Waals surface area (Å²) >= 11 is 0. The molecule has 0 aliphatic heterocycles. The second-order valence-corrected chi connectivity index (χ2v) is 7.19. The van der Waals surface area contributed by atoms with Gasteiger partial charge in [0.2, 0.25) is 0 Å². The number of rotatable bonds is 6. The molecule has 0 unspecified atom stereocenters. The molecule has 0 bridgehead atoms. The maximum Gasteiger partial charge on any atom is 0.291 e. The van der Waals surface area contributed by atoms with E-state index in [9.17, 15) is 14.0 Å². The number of imidazole rings is 1. The van der Waals surface area contributed by atoms with Gasteiger partial charge in [-0.1, -0.05) is 6.07 Å². The van der Waals surface area contributed by atoms with Crippen molar-refractivity contribution in [3.8, 4) is 0 Å². The molecule has 0 aliphatic carbocycles. The van der Waals surface area contributed by atoms with Crippen LogP contribution in [0.25, 0.3) is 11.0 Å². The van der Waals surface area contributed by atoms with Crippen LogP contribution in [0.1, 0.15) is 32.3 Å². The Morgan fingerprint density at radius 2 is 1.97 bits per heavy atom. The molecule has 0 spiro atoms. The molecule has 4 rings (SSSR count).